The first-order valence-electron chi connectivity index (χ1n) is 8.51. The van der Waals surface area contributed by atoms with Gasteiger partial charge in [0.2, 0.25) is 0 Å². The van der Waals surface area contributed by atoms with Crippen LogP contribution in [0.3, 0.4) is 0 Å². The lowest BCUT2D eigenvalue weighted by Crippen LogP contribution is -2.09. The number of aromatic amines is 1. The predicted molar refractivity (Wildman–Crippen MR) is 107 cm³/mol. The zero-order chi connectivity index (χ0) is 18.5. The number of aryl methyl sites for hydroxylation is 1. The SMILES string of the molecule is Cc1csc(-c2ccc3nc(-c4[nH]c5ccccc5c(=O)c4C)nn3c2)n1. The Hall–Kier alpha value is -3.32. The Kier molecular flexibility index (Phi) is 3.45. The molecule has 1 N–H and O–H groups in total. The number of nitrogens with zero attached hydrogens (tertiary/aromatic N) is 4. The quantitative estimate of drug-likeness (QED) is 0.508. The number of hydrogen-bond donors (Lipinski definition) is 1. The van der Waals surface area contributed by atoms with Crippen LogP contribution in [0.15, 0.2) is 52.8 Å². The van der Waals surface area contributed by atoms with Crippen molar-refractivity contribution in [3.8, 4) is 22.1 Å². The number of aromatic nitrogens is 5. The monoisotopic (exact) mass is 373 g/mol. The van der Waals surface area contributed by atoms with E-state index in [0.717, 1.165) is 27.4 Å². The van der Waals surface area contributed by atoms with Crippen molar-refractivity contribution >= 4 is 27.9 Å². The lowest BCUT2D eigenvalue weighted by Gasteiger charge is -2.04. The van der Waals surface area contributed by atoms with E-state index in [4.69, 9.17) is 0 Å². The van der Waals surface area contributed by atoms with Crippen molar-refractivity contribution in [3.63, 3.8) is 0 Å². The molecule has 0 aliphatic carbocycles. The molecule has 0 amide bonds. The molecule has 0 spiro atoms. The minimum Gasteiger partial charge on any atom is -0.351 e. The Bertz CT molecular complexity index is 1380. The minimum atomic E-state index is -0.00263. The fourth-order valence-corrected chi connectivity index (χ4v) is 3.95. The van der Waals surface area contributed by atoms with Gasteiger partial charge < -0.3 is 4.98 Å². The molecule has 0 radical (unpaired) electrons. The number of para-hydroxylation sites is 1. The van der Waals surface area contributed by atoms with E-state index >= 15 is 0 Å². The maximum Gasteiger partial charge on any atom is 0.198 e. The molecule has 5 rings (SSSR count). The summed E-state index contributed by atoms with van der Waals surface area (Å²) in [6.07, 6.45) is 1.92. The van der Waals surface area contributed by atoms with Crippen molar-refractivity contribution in [1.29, 1.82) is 0 Å². The molecule has 5 aromatic rings. The Morgan fingerprint density at radius 2 is 1.93 bits per heavy atom. The van der Waals surface area contributed by atoms with Crippen LogP contribution in [0.5, 0.6) is 0 Å². The minimum absolute atomic E-state index is 0.00263. The maximum atomic E-state index is 12.7. The molecular formula is C20H15N5OS. The van der Waals surface area contributed by atoms with Gasteiger partial charge in [0, 0.05) is 39.3 Å². The predicted octanol–water partition coefficient (Wildman–Crippen LogP) is 3.98. The summed E-state index contributed by atoms with van der Waals surface area (Å²) >= 11 is 1.60. The largest absolute Gasteiger partial charge is 0.351 e. The van der Waals surface area contributed by atoms with Gasteiger partial charge in [-0.05, 0) is 38.1 Å². The third kappa shape index (κ3) is 2.55. The van der Waals surface area contributed by atoms with Crippen LogP contribution in [0.1, 0.15) is 11.3 Å². The Morgan fingerprint density at radius 1 is 1.07 bits per heavy atom. The number of thiazole rings is 1. The molecule has 1 aromatic carbocycles. The highest BCUT2D eigenvalue weighted by Crippen LogP contribution is 2.25. The highest BCUT2D eigenvalue weighted by Gasteiger charge is 2.15. The Balaban J connectivity index is 1.69. The van der Waals surface area contributed by atoms with Crippen molar-refractivity contribution in [1.82, 2.24) is 24.6 Å². The molecule has 0 saturated heterocycles. The summed E-state index contributed by atoms with van der Waals surface area (Å²) in [7, 11) is 0. The van der Waals surface area contributed by atoms with Crippen molar-refractivity contribution in [3.05, 3.63) is 69.5 Å². The summed E-state index contributed by atoms with van der Waals surface area (Å²) in [4.78, 5) is 25.1. The van der Waals surface area contributed by atoms with Gasteiger partial charge in [-0.2, -0.15) is 0 Å². The Morgan fingerprint density at radius 3 is 2.74 bits per heavy atom. The lowest BCUT2D eigenvalue weighted by atomic mass is 10.1. The number of nitrogens with one attached hydrogen (secondary N) is 1. The molecule has 132 valence electrons. The molecule has 0 saturated carbocycles. The topological polar surface area (TPSA) is 75.9 Å². The first-order chi connectivity index (χ1) is 13.1. The van der Waals surface area contributed by atoms with Crippen LogP contribution in [0.4, 0.5) is 0 Å². The van der Waals surface area contributed by atoms with Gasteiger partial charge in [0.25, 0.3) is 0 Å². The lowest BCUT2D eigenvalue weighted by molar-refractivity contribution is 0.962. The van der Waals surface area contributed by atoms with E-state index in [2.05, 4.69) is 20.1 Å². The van der Waals surface area contributed by atoms with Gasteiger partial charge in [0.15, 0.2) is 16.9 Å². The fraction of sp³-hybridized carbons (Fsp3) is 0.100. The van der Waals surface area contributed by atoms with Gasteiger partial charge in [0.05, 0.1) is 5.69 Å². The summed E-state index contributed by atoms with van der Waals surface area (Å²) in [6, 6.07) is 11.4. The highest BCUT2D eigenvalue weighted by atomic mass is 32.1. The van der Waals surface area contributed by atoms with E-state index in [-0.39, 0.29) is 5.43 Å². The summed E-state index contributed by atoms with van der Waals surface area (Å²) < 4.78 is 1.73. The van der Waals surface area contributed by atoms with Crippen LogP contribution in [-0.4, -0.2) is 24.6 Å². The van der Waals surface area contributed by atoms with Gasteiger partial charge in [-0.3, -0.25) is 4.79 Å². The molecule has 0 atom stereocenters. The number of benzene rings is 1. The maximum absolute atomic E-state index is 12.7. The van der Waals surface area contributed by atoms with Crippen LogP contribution in [0, 0.1) is 13.8 Å². The third-order valence-corrected chi connectivity index (χ3v) is 5.58. The standard InChI is InChI=1S/C20H15N5OS/c1-11-10-27-20(21-11)13-7-8-16-23-19(24-25(16)9-13)17-12(2)18(26)14-5-3-4-6-15(14)22-17/h3-10H,1-2H3,(H,22,26). The molecule has 0 bridgehead atoms. The smallest absolute Gasteiger partial charge is 0.198 e. The molecule has 0 fully saturated rings. The molecule has 27 heavy (non-hydrogen) atoms. The molecule has 0 aliphatic heterocycles. The van der Waals surface area contributed by atoms with Gasteiger partial charge in [-0.15, -0.1) is 16.4 Å². The highest BCUT2D eigenvalue weighted by molar-refractivity contribution is 7.13. The van der Waals surface area contributed by atoms with E-state index in [1.54, 1.807) is 22.8 Å². The van der Waals surface area contributed by atoms with Crippen LogP contribution < -0.4 is 5.43 Å². The van der Waals surface area contributed by atoms with Crippen LogP contribution in [0.2, 0.25) is 0 Å². The van der Waals surface area contributed by atoms with Gasteiger partial charge in [0.1, 0.15) is 5.01 Å². The number of rotatable bonds is 2. The third-order valence-electron chi connectivity index (χ3n) is 4.57. The molecular weight excluding hydrogens is 358 g/mol. The zero-order valence-corrected chi connectivity index (χ0v) is 15.5. The molecule has 7 heteroatoms. The fourth-order valence-electron chi connectivity index (χ4n) is 3.16. The number of pyridine rings is 2. The van der Waals surface area contributed by atoms with E-state index in [0.29, 0.717) is 22.5 Å². The normalized spacial score (nSPS) is 11.5. The number of H-pyrrole nitrogens is 1. The summed E-state index contributed by atoms with van der Waals surface area (Å²) in [6.45, 7) is 3.78. The van der Waals surface area contributed by atoms with Crippen molar-refractivity contribution in [2.24, 2.45) is 0 Å². The second-order valence-electron chi connectivity index (χ2n) is 6.45. The van der Waals surface area contributed by atoms with Gasteiger partial charge in [-0.1, -0.05) is 12.1 Å². The summed E-state index contributed by atoms with van der Waals surface area (Å²) in [5.41, 5.74) is 4.74. The van der Waals surface area contributed by atoms with Crippen molar-refractivity contribution in [2.45, 2.75) is 13.8 Å². The van der Waals surface area contributed by atoms with Gasteiger partial charge in [-0.25, -0.2) is 14.5 Å². The average molecular weight is 373 g/mol. The van der Waals surface area contributed by atoms with E-state index in [9.17, 15) is 4.79 Å². The average Bonchev–Trinajstić information content (AvgIpc) is 3.30. The molecule has 0 unspecified atom stereocenters. The molecule has 4 heterocycles. The Labute approximate surface area is 158 Å². The molecule has 6 nitrogen and oxygen atoms in total. The number of hydrogen-bond acceptors (Lipinski definition) is 5. The first-order valence-corrected chi connectivity index (χ1v) is 9.39. The van der Waals surface area contributed by atoms with Crippen LogP contribution >= 0.6 is 11.3 Å². The zero-order valence-electron chi connectivity index (χ0n) is 14.7. The van der Waals surface area contributed by atoms with E-state index in [1.165, 1.54) is 0 Å². The molecule has 4 aromatic heterocycles. The van der Waals surface area contributed by atoms with E-state index < -0.39 is 0 Å². The van der Waals surface area contributed by atoms with Crippen molar-refractivity contribution < 1.29 is 0 Å². The second kappa shape index (κ2) is 5.85. The summed E-state index contributed by atoms with van der Waals surface area (Å²) in [5.74, 6) is 0.503. The van der Waals surface area contributed by atoms with Gasteiger partial charge >= 0.3 is 0 Å². The second-order valence-corrected chi connectivity index (χ2v) is 7.31. The van der Waals surface area contributed by atoms with E-state index in [1.807, 2.05) is 54.9 Å². The summed E-state index contributed by atoms with van der Waals surface area (Å²) in [5, 5.41) is 8.24. The molecule has 0 aliphatic rings. The first kappa shape index (κ1) is 15.9. The van der Waals surface area contributed by atoms with Crippen molar-refractivity contribution in [2.75, 3.05) is 0 Å². The van der Waals surface area contributed by atoms with Crippen LogP contribution in [0.25, 0.3) is 38.6 Å². The number of fused-ring (bicyclic) bond motifs is 2. The van der Waals surface area contributed by atoms with Crippen LogP contribution in [-0.2, 0) is 0 Å².